The van der Waals surface area contributed by atoms with E-state index < -0.39 is 0 Å². The number of anilines is 1. The third kappa shape index (κ3) is 1.63. The van der Waals surface area contributed by atoms with Crippen LogP contribution < -0.4 is 10.6 Å². The topological polar surface area (TPSA) is 54.2 Å². The first-order valence-electron chi connectivity index (χ1n) is 5.62. The number of nitrogens with one attached hydrogen (secondary N) is 2. The highest BCUT2D eigenvalue weighted by Crippen LogP contribution is 2.12. The van der Waals surface area contributed by atoms with Crippen LogP contribution in [0.1, 0.15) is 12.0 Å². The SMILES string of the molecule is Cc1cccn2nc(NC3CCNC3)nc12. The molecule has 0 aromatic carbocycles. The van der Waals surface area contributed by atoms with Crippen LogP contribution in [0.3, 0.4) is 0 Å². The van der Waals surface area contributed by atoms with Gasteiger partial charge in [-0.15, -0.1) is 5.10 Å². The largest absolute Gasteiger partial charge is 0.349 e. The Kier molecular flexibility index (Phi) is 2.25. The maximum Gasteiger partial charge on any atom is 0.243 e. The van der Waals surface area contributed by atoms with Gasteiger partial charge in [-0.1, -0.05) is 6.07 Å². The predicted molar refractivity (Wildman–Crippen MR) is 62.6 cm³/mol. The molecule has 0 radical (unpaired) electrons. The van der Waals surface area contributed by atoms with Crippen molar-refractivity contribution in [2.45, 2.75) is 19.4 Å². The van der Waals surface area contributed by atoms with Gasteiger partial charge < -0.3 is 10.6 Å². The molecule has 2 aromatic rings. The summed E-state index contributed by atoms with van der Waals surface area (Å²) < 4.78 is 1.82. The molecule has 5 heteroatoms. The Bertz CT molecular complexity index is 498. The summed E-state index contributed by atoms with van der Waals surface area (Å²) in [5, 5.41) is 11.1. The van der Waals surface area contributed by atoms with Crippen molar-refractivity contribution in [2.24, 2.45) is 0 Å². The first kappa shape index (κ1) is 9.59. The molecule has 0 bridgehead atoms. The van der Waals surface area contributed by atoms with Crippen molar-refractivity contribution in [3.05, 3.63) is 23.9 Å². The van der Waals surface area contributed by atoms with Gasteiger partial charge in [0.05, 0.1) is 0 Å². The van der Waals surface area contributed by atoms with Gasteiger partial charge in [-0.05, 0) is 31.5 Å². The Labute approximate surface area is 93.9 Å². The lowest BCUT2D eigenvalue weighted by atomic mass is 10.3. The van der Waals surface area contributed by atoms with Gasteiger partial charge in [-0.2, -0.15) is 4.98 Å². The van der Waals surface area contributed by atoms with Gasteiger partial charge in [0.25, 0.3) is 0 Å². The van der Waals surface area contributed by atoms with Crippen LogP contribution >= 0.6 is 0 Å². The first-order valence-corrected chi connectivity index (χ1v) is 5.62. The molecule has 1 saturated heterocycles. The smallest absolute Gasteiger partial charge is 0.243 e. The van der Waals surface area contributed by atoms with Crippen molar-refractivity contribution in [1.29, 1.82) is 0 Å². The van der Waals surface area contributed by atoms with Gasteiger partial charge in [0.1, 0.15) is 0 Å². The summed E-state index contributed by atoms with van der Waals surface area (Å²) in [7, 11) is 0. The van der Waals surface area contributed by atoms with Gasteiger partial charge in [-0.3, -0.25) is 0 Å². The summed E-state index contributed by atoms with van der Waals surface area (Å²) in [5.74, 6) is 0.725. The maximum atomic E-state index is 4.49. The van der Waals surface area contributed by atoms with Gasteiger partial charge >= 0.3 is 0 Å². The van der Waals surface area contributed by atoms with Gasteiger partial charge in [-0.25, -0.2) is 4.52 Å². The second kappa shape index (κ2) is 3.75. The highest BCUT2D eigenvalue weighted by atomic mass is 15.4. The van der Waals surface area contributed by atoms with Crippen molar-refractivity contribution in [3.63, 3.8) is 0 Å². The van der Waals surface area contributed by atoms with Crippen LogP contribution in [0.25, 0.3) is 5.65 Å². The quantitative estimate of drug-likeness (QED) is 0.781. The molecule has 0 saturated carbocycles. The van der Waals surface area contributed by atoms with Crippen molar-refractivity contribution in [1.82, 2.24) is 19.9 Å². The summed E-state index contributed by atoms with van der Waals surface area (Å²) in [6, 6.07) is 4.49. The third-order valence-electron chi connectivity index (χ3n) is 2.95. The first-order chi connectivity index (χ1) is 7.83. The molecular weight excluding hydrogens is 202 g/mol. The molecule has 0 aliphatic carbocycles. The number of aromatic nitrogens is 3. The molecule has 1 aliphatic heterocycles. The van der Waals surface area contributed by atoms with E-state index in [9.17, 15) is 0 Å². The van der Waals surface area contributed by atoms with Crippen molar-refractivity contribution in [3.8, 4) is 0 Å². The zero-order chi connectivity index (χ0) is 11.0. The Balaban J connectivity index is 1.90. The van der Waals surface area contributed by atoms with E-state index in [0.717, 1.165) is 36.7 Å². The molecule has 0 amide bonds. The zero-order valence-corrected chi connectivity index (χ0v) is 9.27. The fourth-order valence-electron chi connectivity index (χ4n) is 2.06. The third-order valence-corrected chi connectivity index (χ3v) is 2.95. The molecule has 5 nitrogen and oxygen atoms in total. The summed E-state index contributed by atoms with van der Waals surface area (Å²) >= 11 is 0. The minimum Gasteiger partial charge on any atom is -0.349 e. The minimum absolute atomic E-state index is 0.456. The number of hydrogen-bond donors (Lipinski definition) is 2. The Morgan fingerprint density at radius 1 is 1.56 bits per heavy atom. The standard InChI is InChI=1S/C11H15N5/c1-8-3-2-6-16-10(8)14-11(15-16)13-9-4-5-12-7-9/h2-3,6,9,12H,4-5,7H2,1H3,(H,13,15). The molecule has 16 heavy (non-hydrogen) atoms. The molecule has 2 aromatic heterocycles. The molecule has 1 fully saturated rings. The number of hydrogen-bond acceptors (Lipinski definition) is 4. The fourth-order valence-corrected chi connectivity index (χ4v) is 2.06. The molecule has 3 rings (SSSR count). The average molecular weight is 217 g/mol. The molecule has 1 aliphatic rings. The van der Waals surface area contributed by atoms with E-state index in [1.165, 1.54) is 0 Å². The number of pyridine rings is 1. The molecule has 1 atom stereocenters. The molecular formula is C11H15N5. The minimum atomic E-state index is 0.456. The van der Waals surface area contributed by atoms with E-state index in [1.807, 2.05) is 29.8 Å². The second-order valence-corrected chi connectivity index (χ2v) is 4.23. The second-order valence-electron chi connectivity index (χ2n) is 4.23. The summed E-state index contributed by atoms with van der Waals surface area (Å²) in [4.78, 5) is 4.49. The van der Waals surface area contributed by atoms with Crippen LogP contribution in [0.5, 0.6) is 0 Å². The lowest BCUT2D eigenvalue weighted by Gasteiger charge is -2.07. The lowest BCUT2D eigenvalue weighted by molar-refractivity contribution is 0.778. The fraction of sp³-hybridized carbons (Fsp3) is 0.455. The van der Waals surface area contributed by atoms with Crippen LogP contribution in [0.2, 0.25) is 0 Å². The van der Waals surface area contributed by atoms with Crippen LogP contribution in [0.15, 0.2) is 18.3 Å². The van der Waals surface area contributed by atoms with E-state index >= 15 is 0 Å². The van der Waals surface area contributed by atoms with Crippen LogP contribution in [-0.4, -0.2) is 33.7 Å². The highest BCUT2D eigenvalue weighted by Gasteiger charge is 2.16. The molecule has 84 valence electrons. The Hall–Kier alpha value is -1.62. The number of rotatable bonds is 2. The number of aryl methyl sites for hydroxylation is 1. The van der Waals surface area contributed by atoms with Gasteiger partial charge in [0.2, 0.25) is 5.95 Å². The average Bonchev–Trinajstić information content (AvgIpc) is 2.88. The normalized spacial score (nSPS) is 20.4. The summed E-state index contributed by atoms with van der Waals surface area (Å²) in [6.45, 7) is 4.11. The van der Waals surface area contributed by atoms with Crippen molar-refractivity contribution in [2.75, 3.05) is 18.4 Å². The Morgan fingerprint density at radius 3 is 3.25 bits per heavy atom. The molecule has 0 spiro atoms. The van der Waals surface area contributed by atoms with Crippen molar-refractivity contribution >= 4 is 11.6 Å². The van der Waals surface area contributed by atoms with E-state index in [2.05, 4.69) is 20.7 Å². The van der Waals surface area contributed by atoms with E-state index in [1.54, 1.807) is 0 Å². The monoisotopic (exact) mass is 217 g/mol. The number of nitrogens with zero attached hydrogens (tertiary/aromatic N) is 3. The molecule has 1 unspecified atom stereocenters. The number of fused-ring (bicyclic) bond motifs is 1. The van der Waals surface area contributed by atoms with E-state index in [4.69, 9.17) is 0 Å². The zero-order valence-electron chi connectivity index (χ0n) is 9.27. The van der Waals surface area contributed by atoms with Crippen LogP contribution in [0.4, 0.5) is 5.95 Å². The summed E-state index contributed by atoms with van der Waals surface area (Å²) in [5.41, 5.74) is 2.07. The molecule has 3 heterocycles. The lowest BCUT2D eigenvalue weighted by Crippen LogP contribution is -2.22. The van der Waals surface area contributed by atoms with Gasteiger partial charge in [0.15, 0.2) is 5.65 Å². The summed E-state index contributed by atoms with van der Waals surface area (Å²) in [6.07, 6.45) is 3.06. The van der Waals surface area contributed by atoms with Gasteiger partial charge in [0, 0.05) is 18.8 Å². The maximum absolute atomic E-state index is 4.49. The van der Waals surface area contributed by atoms with Crippen LogP contribution in [-0.2, 0) is 0 Å². The molecule has 2 N–H and O–H groups in total. The highest BCUT2D eigenvalue weighted by molar-refractivity contribution is 5.50. The Morgan fingerprint density at radius 2 is 2.50 bits per heavy atom. The van der Waals surface area contributed by atoms with Crippen LogP contribution in [0, 0.1) is 6.92 Å². The van der Waals surface area contributed by atoms with E-state index in [-0.39, 0.29) is 0 Å². The van der Waals surface area contributed by atoms with E-state index in [0.29, 0.717) is 6.04 Å². The predicted octanol–water partition coefficient (Wildman–Crippen LogP) is 0.812. The van der Waals surface area contributed by atoms with Crippen molar-refractivity contribution < 1.29 is 0 Å².